The molecular weight excluding hydrogens is 423 g/mol. The van der Waals surface area contributed by atoms with Crippen LogP contribution in [0.2, 0.25) is 10.0 Å². The predicted molar refractivity (Wildman–Crippen MR) is 108 cm³/mol. The quantitative estimate of drug-likeness (QED) is 0.745. The number of rotatable bonds is 6. The highest BCUT2D eigenvalue weighted by Crippen LogP contribution is 2.25. The van der Waals surface area contributed by atoms with E-state index in [1.807, 2.05) is 12.1 Å². The maximum atomic E-state index is 12.8. The lowest BCUT2D eigenvalue weighted by Gasteiger charge is -2.31. The molecule has 1 atom stereocenters. The first-order valence-corrected chi connectivity index (χ1v) is 11.0. The highest BCUT2D eigenvalue weighted by molar-refractivity contribution is 7.89. The van der Waals surface area contributed by atoms with Crippen LogP contribution < -0.4 is 5.32 Å². The van der Waals surface area contributed by atoms with Gasteiger partial charge in [0.25, 0.3) is 5.91 Å². The number of hydrogen-bond acceptors (Lipinski definition) is 4. The van der Waals surface area contributed by atoms with Crippen LogP contribution in [0.4, 0.5) is 0 Å². The van der Waals surface area contributed by atoms with Crippen LogP contribution in [0.15, 0.2) is 53.4 Å². The van der Waals surface area contributed by atoms with Crippen LogP contribution in [-0.2, 0) is 26.0 Å². The van der Waals surface area contributed by atoms with E-state index in [1.54, 1.807) is 24.3 Å². The largest absolute Gasteiger partial charge is 0.366 e. The van der Waals surface area contributed by atoms with Crippen molar-refractivity contribution in [3.63, 3.8) is 0 Å². The summed E-state index contributed by atoms with van der Waals surface area (Å²) in [5.74, 6) is -0.340. The Bertz CT molecular complexity index is 935. The molecule has 9 heteroatoms. The smallest absolute Gasteiger partial charge is 0.250 e. The normalized spacial score (nSPS) is 18.0. The first-order valence-electron chi connectivity index (χ1n) is 8.76. The first-order chi connectivity index (χ1) is 13.4. The molecule has 1 amide bonds. The molecule has 150 valence electrons. The van der Waals surface area contributed by atoms with Gasteiger partial charge in [0.15, 0.2) is 0 Å². The van der Waals surface area contributed by atoms with Gasteiger partial charge in [-0.25, -0.2) is 8.42 Å². The number of nitrogens with one attached hydrogen (secondary N) is 1. The molecule has 0 spiro atoms. The summed E-state index contributed by atoms with van der Waals surface area (Å²) in [5.41, 5.74) is 1.04. The van der Waals surface area contributed by atoms with Crippen LogP contribution in [0.1, 0.15) is 5.56 Å². The average Bonchev–Trinajstić information content (AvgIpc) is 2.69. The van der Waals surface area contributed by atoms with Gasteiger partial charge in [-0.1, -0.05) is 47.5 Å². The molecule has 2 aromatic carbocycles. The van der Waals surface area contributed by atoms with E-state index in [9.17, 15) is 13.2 Å². The minimum absolute atomic E-state index is 0.0282. The summed E-state index contributed by atoms with van der Waals surface area (Å²) in [5, 5.41) is 3.60. The fraction of sp³-hybridized carbons (Fsp3) is 0.316. The SMILES string of the molecule is O=C(NCCc1ccc(Cl)cc1)[C@H]1CN(S(=O)(=O)c2ccccc2Cl)CCO1. The number of carbonyl (C=O) groups is 1. The topological polar surface area (TPSA) is 75.7 Å². The maximum absolute atomic E-state index is 12.8. The number of morpholine rings is 1. The molecule has 1 N–H and O–H groups in total. The molecule has 0 saturated carbocycles. The molecule has 0 aliphatic carbocycles. The van der Waals surface area contributed by atoms with Gasteiger partial charge in [-0.2, -0.15) is 4.31 Å². The number of nitrogens with zero attached hydrogens (tertiary/aromatic N) is 1. The van der Waals surface area contributed by atoms with Crippen molar-refractivity contribution in [2.45, 2.75) is 17.4 Å². The number of sulfonamides is 1. The van der Waals surface area contributed by atoms with Crippen LogP contribution in [0.3, 0.4) is 0 Å². The van der Waals surface area contributed by atoms with E-state index in [-0.39, 0.29) is 35.5 Å². The Hall–Kier alpha value is -1.64. The zero-order chi connectivity index (χ0) is 20.1. The van der Waals surface area contributed by atoms with Crippen LogP contribution in [0.5, 0.6) is 0 Å². The second kappa shape index (κ2) is 9.24. The van der Waals surface area contributed by atoms with E-state index in [1.165, 1.54) is 16.4 Å². The Morgan fingerprint density at radius 1 is 1.14 bits per heavy atom. The van der Waals surface area contributed by atoms with Gasteiger partial charge in [0.2, 0.25) is 10.0 Å². The molecule has 3 rings (SSSR count). The van der Waals surface area contributed by atoms with Crippen molar-refractivity contribution in [1.82, 2.24) is 9.62 Å². The van der Waals surface area contributed by atoms with Crippen molar-refractivity contribution < 1.29 is 17.9 Å². The number of carbonyl (C=O) groups excluding carboxylic acids is 1. The molecule has 0 radical (unpaired) electrons. The molecule has 2 aromatic rings. The first kappa shape index (κ1) is 21.1. The lowest BCUT2D eigenvalue weighted by atomic mass is 10.1. The maximum Gasteiger partial charge on any atom is 0.250 e. The van der Waals surface area contributed by atoms with E-state index in [2.05, 4.69) is 5.32 Å². The van der Waals surface area contributed by atoms with Crippen molar-refractivity contribution >= 4 is 39.1 Å². The van der Waals surface area contributed by atoms with Gasteiger partial charge in [-0.3, -0.25) is 4.79 Å². The predicted octanol–water partition coefficient (Wildman–Crippen LogP) is 2.74. The van der Waals surface area contributed by atoms with Gasteiger partial charge in [0.1, 0.15) is 11.0 Å². The van der Waals surface area contributed by atoms with E-state index in [4.69, 9.17) is 27.9 Å². The van der Waals surface area contributed by atoms with Crippen LogP contribution in [0.25, 0.3) is 0 Å². The van der Waals surface area contributed by atoms with Gasteiger partial charge in [0.05, 0.1) is 11.6 Å². The number of halogens is 2. The molecule has 1 fully saturated rings. The molecule has 1 aliphatic heterocycles. The zero-order valence-corrected chi connectivity index (χ0v) is 17.3. The van der Waals surface area contributed by atoms with Crippen molar-refractivity contribution in [1.29, 1.82) is 0 Å². The molecule has 1 heterocycles. The number of amides is 1. The van der Waals surface area contributed by atoms with E-state index < -0.39 is 16.1 Å². The Kier molecular flexibility index (Phi) is 6.95. The van der Waals surface area contributed by atoms with E-state index in [0.717, 1.165) is 5.56 Å². The molecule has 0 bridgehead atoms. The summed E-state index contributed by atoms with van der Waals surface area (Å²) >= 11 is 11.9. The number of benzene rings is 2. The minimum Gasteiger partial charge on any atom is -0.366 e. The lowest BCUT2D eigenvalue weighted by molar-refractivity contribution is -0.136. The third kappa shape index (κ3) is 5.04. The summed E-state index contributed by atoms with van der Waals surface area (Å²) in [6.07, 6.45) is -0.228. The third-order valence-corrected chi connectivity index (χ3v) is 7.02. The summed E-state index contributed by atoms with van der Waals surface area (Å²) in [6.45, 7) is 0.666. The Morgan fingerprint density at radius 2 is 1.86 bits per heavy atom. The monoisotopic (exact) mass is 442 g/mol. The second-order valence-electron chi connectivity index (χ2n) is 6.32. The Labute approximate surface area is 174 Å². The number of ether oxygens (including phenoxy) is 1. The van der Waals surface area contributed by atoms with Gasteiger partial charge < -0.3 is 10.1 Å². The minimum atomic E-state index is -3.80. The molecule has 0 aromatic heterocycles. The summed E-state index contributed by atoms with van der Waals surface area (Å²) in [6, 6.07) is 13.6. The molecule has 6 nitrogen and oxygen atoms in total. The van der Waals surface area contributed by atoms with Gasteiger partial charge in [0, 0.05) is 24.7 Å². The van der Waals surface area contributed by atoms with Gasteiger partial charge in [-0.15, -0.1) is 0 Å². The second-order valence-corrected chi connectivity index (χ2v) is 9.07. The van der Waals surface area contributed by atoms with Crippen molar-refractivity contribution in [3.8, 4) is 0 Å². The van der Waals surface area contributed by atoms with E-state index >= 15 is 0 Å². The molecule has 0 unspecified atom stereocenters. The Morgan fingerprint density at radius 3 is 2.57 bits per heavy atom. The van der Waals surface area contributed by atoms with Crippen LogP contribution >= 0.6 is 23.2 Å². The summed E-state index contributed by atoms with van der Waals surface area (Å²) in [7, 11) is -3.80. The lowest BCUT2D eigenvalue weighted by Crippen LogP contribution is -2.51. The fourth-order valence-electron chi connectivity index (χ4n) is 2.89. The molecular formula is C19H20Cl2N2O4S. The Balaban J connectivity index is 1.59. The molecule has 1 saturated heterocycles. The van der Waals surface area contributed by atoms with Crippen molar-refractivity contribution in [3.05, 3.63) is 64.1 Å². The highest BCUT2D eigenvalue weighted by Gasteiger charge is 2.34. The zero-order valence-electron chi connectivity index (χ0n) is 15.0. The van der Waals surface area contributed by atoms with Crippen molar-refractivity contribution in [2.75, 3.05) is 26.2 Å². The van der Waals surface area contributed by atoms with Crippen LogP contribution in [-0.4, -0.2) is 51.0 Å². The van der Waals surface area contributed by atoms with Crippen LogP contribution in [0, 0.1) is 0 Å². The average molecular weight is 443 g/mol. The highest BCUT2D eigenvalue weighted by atomic mass is 35.5. The fourth-order valence-corrected chi connectivity index (χ4v) is 4.93. The summed E-state index contributed by atoms with van der Waals surface area (Å²) in [4.78, 5) is 12.4. The standard InChI is InChI=1S/C19H20Cl2N2O4S/c20-15-7-5-14(6-8-15)9-10-22-19(24)17-13-23(11-12-27-17)28(25,26)18-4-2-1-3-16(18)21/h1-8,17H,9-13H2,(H,22,24)/t17-/m1/s1. The van der Waals surface area contributed by atoms with Gasteiger partial charge >= 0.3 is 0 Å². The summed E-state index contributed by atoms with van der Waals surface area (Å²) < 4.78 is 32.4. The molecule has 1 aliphatic rings. The van der Waals surface area contributed by atoms with Crippen molar-refractivity contribution in [2.24, 2.45) is 0 Å². The molecule has 28 heavy (non-hydrogen) atoms. The van der Waals surface area contributed by atoms with E-state index in [0.29, 0.717) is 18.0 Å². The van der Waals surface area contributed by atoms with Gasteiger partial charge in [-0.05, 0) is 36.2 Å². The number of hydrogen-bond donors (Lipinski definition) is 1. The third-order valence-electron chi connectivity index (χ3n) is 4.40.